The summed E-state index contributed by atoms with van der Waals surface area (Å²) in [6.45, 7) is 0.225. The predicted molar refractivity (Wildman–Crippen MR) is 33.1 cm³/mol. The van der Waals surface area contributed by atoms with Gasteiger partial charge in [-0.2, -0.15) is 0 Å². The van der Waals surface area contributed by atoms with E-state index in [0.29, 0.717) is 0 Å². The Balaban J connectivity index is 2.69. The summed E-state index contributed by atoms with van der Waals surface area (Å²) in [6, 6.07) is 0. The number of carboxylic acid groups (broad SMARTS) is 1. The highest BCUT2D eigenvalue weighted by molar-refractivity contribution is 5.67. The Bertz CT molecular complexity index is 210. The fraction of sp³-hybridized carbons (Fsp3) is 0.167. The molecule has 1 amide bonds. The van der Waals surface area contributed by atoms with Crippen LogP contribution in [0.25, 0.3) is 0 Å². The minimum Gasteiger partial charge on any atom is -0.465 e. The maximum atomic E-state index is 12.3. The van der Waals surface area contributed by atoms with Crippen molar-refractivity contribution in [2.24, 2.45) is 0 Å². The molecule has 4 heteroatoms. The normalized spacial score (nSPS) is 16.9. The second kappa shape index (κ2) is 2.51. The zero-order valence-corrected chi connectivity index (χ0v) is 5.12. The van der Waals surface area contributed by atoms with Crippen molar-refractivity contribution in [3.05, 3.63) is 24.2 Å². The number of hydrogen-bond acceptors (Lipinski definition) is 1. The first-order valence-electron chi connectivity index (χ1n) is 2.73. The molecule has 0 aromatic carbocycles. The molecule has 0 atom stereocenters. The first-order chi connectivity index (χ1) is 4.70. The molecular weight excluding hydrogens is 137 g/mol. The average Bonchev–Trinajstić information content (AvgIpc) is 1.88. The number of allylic oxidation sites excluding steroid dienone is 2. The van der Waals surface area contributed by atoms with Crippen LogP contribution in [0.5, 0.6) is 0 Å². The van der Waals surface area contributed by atoms with E-state index in [0.717, 1.165) is 11.1 Å². The fourth-order valence-corrected chi connectivity index (χ4v) is 0.657. The molecule has 0 fully saturated rings. The van der Waals surface area contributed by atoms with Gasteiger partial charge in [-0.1, -0.05) is 6.08 Å². The molecule has 3 nitrogen and oxygen atoms in total. The zero-order chi connectivity index (χ0) is 7.56. The van der Waals surface area contributed by atoms with Crippen molar-refractivity contribution in [2.75, 3.05) is 6.54 Å². The van der Waals surface area contributed by atoms with Crippen LogP contribution < -0.4 is 0 Å². The number of amides is 1. The summed E-state index contributed by atoms with van der Waals surface area (Å²) in [7, 11) is 0. The summed E-state index contributed by atoms with van der Waals surface area (Å²) in [5.41, 5.74) is 0. The van der Waals surface area contributed by atoms with Gasteiger partial charge in [0.1, 0.15) is 5.83 Å². The van der Waals surface area contributed by atoms with Gasteiger partial charge in [0, 0.05) is 12.7 Å². The Morgan fingerprint density at radius 3 is 2.90 bits per heavy atom. The number of halogens is 1. The van der Waals surface area contributed by atoms with E-state index in [1.165, 1.54) is 12.2 Å². The molecule has 10 heavy (non-hydrogen) atoms. The quantitative estimate of drug-likeness (QED) is 0.556. The molecule has 0 spiro atoms. The standard InChI is InChI=1S/C6H6FNO2/c7-5-2-1-3-8(4-5)6(9)10/h1-2,4H,3H2,(H,9,10). The number of hydrogen-bond donors (Lipinski definition) is 1. The highest BCUT2D eigenvalue weighted by atomic mass is 19.1. The molecular formula is C6H6FNO2. The zero-order valence-electron chi connectivity index (χ0n) is 5.12. The van der Waals surface area contributed by atoms with Crippen LogP contribution in [0.4, 0.5) is 9.18 Å². The van der Waals surface area contributed by atoms with Gasteiger partial charge >= 0.3 is 6.09 Å². The van der Waals surface area contributed by atoms with Gasteiger partial charge in [-0.25, -0.2) is 9.18 Å². The first-order valence-corrected chi connectivity index (χ1v) is 2.73. The lowest BCUT2D eigenvalue weighted by Crippen LogP contribution is -2.25. The summed E-state index contributed by atoms with van der Waals surface area (Å²) in [5.74, 6) is -0.534. The highest BCUT2D eigenvalue weighted by Gasteiger charge is 2.10. The van der Waals surface area contributed by atoms with Gasteiger partial charge in [-0.05, 0) is 6.08 Å². The van der Waals surface area contributed by atoms with Crippen molar-refractivity contribution in [3.8, 4) is 0 Å². The lowest BCUT2D eigenvalue weighted by Gasteiger charge is -2.13. The number of nitrogens with zero attached hydrogens (tertiary/aromatic N) is 1. The largest absolute Gasteiger partial charge is 0.465 e. The molecule has 0 bridgehead atoms. The summed E-state index contributed by atoms with van der Waals surface area (Å²) in [5, 5.41) is 8.34. The Hall–Kier alpha value is -1.32. The van der Waals surface area contributed by atoms with E-state index in [-0.39, 0.29) is 6.54 Å². The van der Waals surface area contributed by atoms with Crippen molar-refractivity contribution in [1.82, 2.24) is 4.90 Å². The number of rotatable bonds is 0. The van der Waals surface area contributed by atoms with Crippen molar-refractivity contribution in [1.29, 1.82) is 0 Å². The van der Waals surface area contributed by atoms with Gasteiger partial charge in [-0.15, -0.1) is 0 Å². The van der Waals surface area contributed by atoms with Crippen LogP contribution in [0, 0.1) is 0 Å². The summed E-state index contributed by atoms with van der Waals surface area (Å²) >= 11 is 0. The van der Waals surface area contributed by atoms with Gasteiger partial charge in [0.15, 0.2) is 0 Å². The second-order valence-electron chi connectivity index (χ2n) is 1.85. The molecule has 54 valence electrons. The number of carbonyl (C=O) groups is 1. The van der Waals surface area contributed by atoms with Crippen LogP contribution >= 0.6 is 0 Å². The first kappa shape index (κ1) is 6.80. The monoisotopic (exact) mass is 143 g/mol. The van der Waals surface area contributed by atoms with Crippen LogP contribution in [0.2, 0.25) is 0 Å². The van der Waals surface area contributed by atoms with Gasteiger partial charge < -0.3 is 5.11 Å². The van der Waals surface area contributed by atoms with E-state index in [1.807, 2.05) is 0 Å². The minimum atomic E-state index is -1.14. The molecule has 1 heterocycles. The van der Waals surface area contributed by atoms with E-state index >= 15 is 0 Å². The van der Waals surface area contributed by atoms with Crippen molar-refractivity contribution in [3.63, 3.8) is 0 Å². The third-order valence-corrected chi connectivity index (χ3v) is 1.10. The maximum absolute atomic E-state index is 12.3. The third kappa shape index (κ3) is 1.34. The Morgan fingerprint density at radius 2 is 2.50 bits per heavy atom. The SMILES string of the molecule is O=C(O)N1C=C(F)C=CC1. The van der Waals surface area contributed by atoms with E-state index in [1.54, 1.807) is 0 Å². The molecule has 0 aromatic rings. The molecule has 1 aliphatic rings. The lowest BCUT2D eigenvalue weighted by molar-refractivity contribution is 0.165. The third-order valence-electron chi connectivity index (χ3n) is 1.10. The lowest BCUT2D eigenvalue weighted by atomic mass is 10.3. The molecule has 0 aliphatic carbocycles. The van der Waals surface area contributed by atoms with Gasteiger partial charge in [-0.3, -0.25) is 4.90 Å². The molecule has 1 aliphatic heterocycles. The molecule has 1 rings (SSSR count). The van der Waals surface area contributed by atoms with Crippen molar-refractivity contribution < 1.29 is 14.3 Å². The Labute approximate surface area is 57.1 Å². The van der Waals surface area contributed by atoms with Crippen LogP contribution in [-0.4, -0.2) is 22.6 Å². The van der Waals surface area contributed by atoms with Crippen LogP contribution in [-0.2, 0) is 0 Å². The summed E-state index contributed by atoms with van der Waals surface area (Å²) < 4.78 is 12.3. The molecule has 0 radical (unpaired) electrons. The minimum absolute atomic E-state index is 0.225. The molecule has 0 saturated heterocycles. The highest BCUT2D eigenvalue weighted by Crippen LogP contribution is 2.07. The second-order valence-corrected chi connectivity index (χ2v) is 1.85. The molecule has 1 N–H and O–H groups in total. The summed E-state index contributed by atoms with van der Waals surface area (Å²) in [6.07, 6.45) is 2.49. The Morgan fingerprint density at radius 1 is 1.80 bits per heavy atom. The Kier molecular flexibility index (Phi) is 1.71. The molecule has 0 saturated carbocycles. The van der Waals surface area contributed by atoms with Crippen LogP contribution in [0.1, 0.15) is 0 Å². The van der Waals surface area contributed by atoms with E-state index in [2.05, 4.69) is 0 Å². The molecule has 0 unspecified atom stereocenters. The van der Waals surface area contributed by atoms with Gasteiger partial charge in [0.05, 0.1) is 0 Å². The van der Waals surface area contributed by atoms with Crippen LogP contribution in [0.15, 0.2) is 24.2 Å². The van der Waals surface area contributed by atoms with E-state index in [4.69, 9.17) is 5.11 Å². The van der Waals surface area contributed by atoms with E-state index < -0.39 is 11.9 Å². The van der Waals surface area contributed by atoms with Crippen LogP contribution in [0.3, 0.4) is 0 Å². The van der Waals surface area contributed by atoms with Crippen molar-refractivity contribution >= 4 is 6.09 Å². The smallest absolute Gasteiger partial charge is 0.411 e. The average molecular weight is 143 g/mol. The molecule has 0 aromatic heterocycles. The fourth-order valence-electron chi connectivity index (χ4n) is 0.657. The summed E-state index contributed by atoms with van der Waals surface area (Å²) in [4.78, 5) is 11.1. The van der Waals surface area contributed by atoms with Crippen molar-refractivity contribution in [2.45, 2.75) is 0 Å². The maximum Gasteiger partial charge on any atom is 0.411 e. The van der Waals surface area contributed by atoms with Gasteiger partial charge in [0.2, 0.25) is 0 Å². The van der Waals surface area contributed by atoms with E-state index in [9.17, 15) is 9.18 Å². The van der Waals surface area contributed by atoms with Gasteiger partial charge in [0.25, 0.3) is 0 Å². The predicted octanol–water partition coefficient (Wildman–Crippen LogP) is 1.35. The topological polar surface area (TPSA) is 40.5 Å².